The Morgan fingerprint density at radius 2 is 2.25 bits per heavy atom. The molecule has 7 heteroatoms. The smallest absolute Gasteiger partial charge is 0.254 e. The van der Waals surface area contributed by atoms with Crippen molar-refractivity contribution in [1.29, 1.82) is 0 Å². The van der Waals surface area contributed by atoms with Crippen molar-refractivity contribution in [2.45, 2.75) is 24.4 Å². The molecule has 1 rings (SSSR count). The van der Waals surface area contributed by atoms with Crippen LogP contribution in [-0.2, 0) is 4.79 Å². The number of pyridine rings is 1. The summed E-state index contributed by atoms with van der Waals surface area (Å²) in [6, 6.07) is 2.32. The summed E-state index contributed by atoms with van der Waals surface area (Å²) in [7, 11) is 0. The molecule has 0 bridgehead atoms. The van der Waals surface area contributed by atoms with E-state index in [2.05, 4.69) is 10.3 Å². The molecule has 1 heterocycles. The average molecular weight is 313 g/mol. The summed E-state index contributed by atoms with van der Waals surface area (Å²) >= 11 is 2.97. The minimum Gasteiger partial charge on any atom is -0.548 e. The fraction of sp³-hybridized carbons (Fsp3) is 0.462. The molecule has 0 aliphatic rings. The van der Waals surface area contributed by atoms with Crippen molar-refractivity contribution in [3.63, 3.8) is 0 Å². The minimum absolute atomic E-state index is 0.339. The summed E-state index contributed by atoms with van der Waals surface area (Å²) < 4.78 is 0. The summed E-state index contributed by atoms with van der Waals surface area (Å²) in [6.45, 7) is 1.96. The van der Waals surface area contributed by atoms with E-state index >= 15 is 0 Å². The molecule has 1 N–H and O–H groups in total. The number of nitrogens with zero attached hydrogens (tertiary/aromatic N) is 1. The fourth-order valence-corrected chi connectivity index (χ4v) is 2.73. The SMILES string of the molecule is CCSc1ncccc1C(=O)N[C@H](CCSC)C(=O)[O-]. The van der Waals surface area contributed by atoms with Crippen LogP contribution in [0.25, 0.3) is 0 Å². The van der Waals surface area contributed by atoms with E-state index in [1.165, 1.54) is 23.5 Å². The lowest BCUT2D eigenvalue weighted by Gasteiger charge is -2.19. The average Bonchev–Trinajstić information content (AvgIpc) is 2.43. The second kappa shape index (κ2) is 8.86. The molecule has 1 amide bonds. The molecule has 0 fully saturated rings. The number of aromatic nitrogens is 1. The topological polar surface area (TPSA) is 82.1 Å². The van der Waals surface area contributed by atoms with Crippen LogP contribution >= 0.6 is 23.5 Å². The van der Waals surface area contributed by atoms with Gasteiger partial charge in [-0.25, -0.2) is 4.98 Å². The van der Waals surface area contributed by atoms with E-state index in [0.29, 0.717) is 22.8 Å². The predicted octanol–water partition coefficient (Wildman–Crippen LogP) is 0.795. The number of carboxylic acid groups (broad SMARTS) is 1. The number of carboxylic acids is 1. The Kier molecular flexibility index (Phi) is 7.46. The molecule has 0 unspecified atom stereocenters. The minimum atomic E-state index is -1.26. The second-order valence-electron chi connectivity index (χ2n) is 3.92. The summed E-state index contributed by atoms with van der Waals surface area (Å²) in [5.74, 6) is -0.263. The van der Waals surface area contributed by atoms with Crippen LogP contribution in [0.5, 0.6) is 0 Å². The number of aliphatic carboxylic acids is 1. The number of hydrogen-bond donors (Lipinski definition) is 1. The Morgan fingerprint density at radius 3 is 2.85 bits per heavy atom. The van der Waals surface area contributed by atoms with Crippen LogP contribution in [-0.4, -0.2) is 40.7 Å². The molecule has 20 heavy (non-hydrogen) atoms. The highest BCUT2D eigenvalue weighted by Gasteiger charge is 2.17. The van der Waals surface area contributed by atoms with E-state index in [4.69, 9.17) is 0 Å². The lowest BCUT2D eigenvalue weighted by atomic mass is 10.2. The first-order chi connectivity index (χ1) is 9.60. The van der Waals surface area contributed by atoms with Gasteiger partial charge in [0.2, 0.25) is 0 Å². The molecule has 1 aromatic rings. The third-order valence-electron chi connectivity index (χ3n) is 2.50. The highest BCUT2D eigenvalue weighted by Crippen LogP contribution is 2.19. The summed E-state index contributed by atoms with van der Waals surface area (Å²) in [5, 5.41) is 14.1. The Balaban J connectivity index is 2.80. The molecule has 0 saturated carbocycles. The second-order valence-corrected chi connectivity index (χ2v) is 6.15. The number of thioether (sulfide) groups is 2. The molecule has 0 aliphatic heterocycles. The van der Waals surface area contributed by atoms with Crippen molar-refractivity contribution >= 4 is 35.4 Å². The number of carbonyl (C=O) groups excluding carboxylic acids is 2. The van der Waals surface area contributed by atoms with Crippen molar-refractivity contribution in [3.8, 4) is 0 Å². The third kappa shape index (κ3) is 5.05. The van der Waals surface area contributed by atoms with Gasteiger partial charge >= 0.3 is 0 Å². The van der Waals surface area contributed by atoms with Crippen LogP contribution in [0.1, 0.15) is 23.7 Å². The van der Waals surface area contributed by atoms with Crippen LogP contribution in [0.2, 0.25) is 0 Å². The van der Waals surface area contributed by atoms with Gasteiger partial charge in [-0.2, -0.15) is 11.8 Å². The van der Waals surface area contributed by atoms with Gasteiger partial charge in [0.05, 0.1) is 17.6 Å². The maximum atomic E-state index is 12.2. The van der Waals surface area contributed by atoms with E-state index in [1.807, 2.05) is 13.2 Å². The Hall–Kier alpha value is -1.21. The molecule has 0 aromatic carbocycles. The molecular formula is C13H17N2O3S2-. The highest BCUT2D eigenvalue weighted by atomic mass is 32.2. The summed E-state index contributed by atoms with van der Waals surface area (Å²) in [5.41, 5.74) is 0.398. The van der Waals surface area contributed by atoms with Crippen LogP contribution < -0.4 is 10.4 Å². The van der Waals surface area contributed by atoms with E-state index in [1.54, 1.807) is 18.3 Å². The van der Waals surface area contributed by atoms with Crippen LogP contribution in [0.3, 0.4) is 0 Å². The third-order valence-corrected chi connectivity index (χ3v) is 4.03. The van der Waals surface area contributed by atoms with Gasteiger partial charge in [0.25, 0.3) is 5.91 Å². The molecule has 0 radical (unpaired) electrons. The van der Waals surface area contributed by atoms with Crippen molar-refractivity contribution in [3.05, 3.63) is 23.9 Å². The van der Waals surface area contributed by atoms with E-state index < -0.39 is 17.9 Å². The first kappa shape index (κ1) is 16.8. The molecule has 0 saturated heterocycles. The van der Waals surface area contributed by atoms with E-state index in [9.17, 15) is 14.7 Å². The van der Waals surface area contributed by atoms with Gasteiger partial charge in [0.15, 0.2) is 0 Å². The van der Waals surface area contributed by atoms with Crippen molar-refractivity contribution < 1.29 is 14.7 Å². The van der Waals surface area contributed by atoms with Gasteiger partial charge in [0.1, 0.15) is 5.03 Å². The summed E-state index contributed by atoms with van der Waals surface area (Å²) in [6.07, 6.45) is 3.83. The number of rotatable bonds is 8. The first-order valence-corrected chi connectivity index (χ1v) is 8.56. The number of hydrogen-bond acceptors (Lipinski definition) is 6. The lowest BCUT2D eigenvalue weighted by Crippen LogP contribution is -2.48. The monoisotopic (exact) mass is 313 g/mol. The Bertz CT molecular complexity index is 469. The zero-order valence-corrected chi connectivity index (χ0v) is 13.1. The quantitative estimate of drug-likeness (QED) is 0.715. The van der Waals surface area contributed by atoms with Gasteiger partial charge in [-0.15, -0.1) is 11.8 Å². The van der Waals surface area contributed by atoms with Crippen LogP contribution in [0.4, 0.5) is 0 Å². The maximum Gasteiger partial charge on any atom is 0.254 e. The molecule has 1 aromatic heterocycles. The number of carbonyl (C=O) groups is 2. The van der Waals surface area contributed by atoms with Crippen molar-refractivity contribution in [2.75, 3.05) is 17.8 Å². The lowest BCUT2D eigenvalue weighted by molar-refractivity contribution is -0.308. The number of amides is 1. The van der Waals surface area contributed by atoms with Crippen LogP contribution in [0.15, 0.2) is 23.4 Å². The highest BCUT2D eigenvalue weighted by molar-refractivity contribution is 7.99. The normalized spacial score (nSPS) is 11.9. The number of nitrogens with one attached hydrogen (secondary N) is 1. The molecule has 1 atom stereocenters. The van der Waals surface area contributed by atoms with Gasteiger partial charge in [-0.3, -0.25) is 4.79 Å². The van der Waals surface area contributed by atoms with Gasteiger partial charge in [0, 0.05) is 6.20 Å². The molecular weight excluding hydrogens is 296 g/mol. The van der Waals surface area contributed by atoms with E-state index in [-0.39, 0.29) is 0 Å². The van der Waals surface area contributed by atoms with Gasteiger partial charge in [-0.1, -0.05) is 6.92 Å². The largest absolute Gasteiger partial charge is 0.548 e. The van der Waals surface area contributed by atoms with Crippen molar-refractivity contribution in [2.24, 2.45) is 0 Å². The summed E-state index contributed by atoms with van der Waals surface area (Å²) in [4.78, 5) is 27.3. The molecule has 0 aliphatic carbocycles. The zero-order valence-electron chi connectivity index (χ0n) is 11.4. The van der Waals surface area contributed by atoms with Gasteiger partial charge < -0.3 is 15.2 Å². The molecule has 5 nitrogen and oxygen atoms in total. The van der Waals surface area contributed by atoms with Gasteiger partial charge in [-0.05, 0) is 36.3 Å². The van der Waals surface area contributed by atoms with Crippen molar-refractivity contribution in [1.82, 2.24) is 10.3 Å². The van der Waals surface area contributed by atoms with Crippen LogP contribution in [0, 0.1) is 0 Å². The standard InChI is InChI=1S/C13H18N2O3S2/c1-3-20-12-9(5-4-7-14-12)11(16)15-10(13(17)18)6-8-19-2/h4-5,7,10H,3,6,8H2,1-2H3,(H,15,16)(H,17,18)/p-1/t10-/m1/s1. The maximum absolute atomic E-state index is 12.2. The fourth-order valence-electron chi connectivity index (χ4n) is 1.54. The zero-order chi connectivity index (χ0) is 15.0. The Labute approximate surface area is 126 Å². The molecule has 110 valence electrons. The van der Waals surface area contributed by atoms with E-state index in [0.717, 1.165) is 5.75 Å². The first-order valence-electron chi connectivity index (χ1n) is 6.18. The Morgan fingerprint density at radius 1 is 1.50 bits per heavy atom. The molecule has 0 spiro atoms. The predicted molar refractivity (Wildman–Crippen MR) is 79.9 cm³/mol.